The predicted molar refractivity (Wildman–Crippen MR) is 100 cm³/mol. The molecule has 0 aliphatic rings. The number of allylic oxidation sites excluding steroid dienone is 1. The molecule has 0 aliphatic heterocycles. The van der Waals surface area contributed by atoms with E-state index < -0.39 is 40.7 Å². The van der Waals surface area contributed by atoms with Gasteiger partial charge in [-0.2, -0.15) is 26.3 Å². The van der Waals surface area contributed by atoms with Crippen LogP contribution in [0.15, 0.2) is 54.9 Å². The molecular formula is C19H14ClF6N3O2. The molecule has 0 radical (unpaired) electrons. The average molecular weight is 466 g/mol. The molecule has 5 nitrogen and oxygen atoms in total. The standard InChI is InChI=1S/C19H14ClF6N3O2/c20-13-9-12(18(21,22)23)10-28-16(13)29-17(31)14(8-11-4-2-1-3-5-11)27-7-6-15(30)19(24,25)26/h1-7,9-10,14,27H,8H2,(H,28,29,31). The van der Waals surface area contributed by atoms with Gasteiger partial charge in [-0.05, 0) is 11.6 Å². The summed E-state index contributed by atoms with van der Waals surface area (Å²) < 4.78 is 75.1. The minimum atomic E-state index is -5.08. The molecule has 2 rings (SSSR count). The number of hydrogen-bond acceptors (Lipinski definition) is 4. The Balaban J connectivity index is 2.19. The van der Waals surface area contributed by atoms with Crippen molar-refractivity contribution in [2.24, 2.45) is 0 Å². The fourth-order valence-electron chi connectivity index (χ4n) is 2.30. The van der Waals surface area contributed by atoms with Gasteiger partial charge in [0.25, 0.3) is 5.78 Å². The number of alkyl halides is 6. The van der Waals surface area contributed by atoms with Crippen LogP contribution in [0.3, 0.4) is 0 Å². The lowest BCUT2D eigenvalue weighted by atomic mass is 10.1. The van der Waals surface area contributed by atoms with E-state index >= 15 is 0 Å². The summed E-state index contributed by atoms with van der Waals surface area (Å²) >= 11 is 5.76. The molecule has 31 heavy (non-hydrogen) atoms. The van der Waals surface area contributed by atoms with Crippen molar-refractivity contribution < 1.29 is 35.9 Å². The highest BCUT2D eigenvalue weighted by Crippen LogP contribution is 2.32. The van der Waals surface area contributed by atoms with E-state index in [4.69, 9.17) is 11.6 Å². The third kappa shape index (κ3) is 7.28. The molecule has 2 N–H and O–H groups in total. The zero-order valence-electron chi connectivity index (χ0n) is 15.4. The largest absolute Gasteiger partial charge is 0.454 e. The van der Waals surface area contributed by atoms with Gasteiger partial charge in [0.2, 0.25) is 5.91 Å². The van der Waals surface area contributed by atoms with Gasteiger partial charge in [-0.25, -0.2) is 4.98 Å². The Hall–Kier alpha value is -3.08. The topological polar surface area (TPSA) is 71.1 Å². The van der Waals surface area contributed by atoms with Gasteiger partial charge in [0.15, 0.2) is 5.82 Å². The van der Waals surface area contributed by atoms with Crippen LogP contribution in [0.1, 0.15) is 11.1 Å². The van der Waals surface area contributed by atoms with Gasteiger partial charge in [-0.3, -0.25) is 9.59 Å². The minimum absolute atomic E-state index is 0.0184. The van der Waals surface area contributed by atoms with Gasteiger partial charge in [0.1, 0.15) is 6.04 Å². The summed E-state index contributed by atoms with van der Waals surface area (Å²) in [6.07, 6.45) is -8.42. The number of rotatable bonds is 7. The van der Waals surface area contributed by atoms with Gasteiger partial charge in [0.05, 0.1) is 10.6 Å². The summed E-state index contributed by atoms with van der Waals surface area (Å²) in [6.45, 7) is 0. The van der Waals surface area contributed by atoms with E-state index in [2.05, 4.69) is 15.6 Å². The summed E-state index contributed by atoms with van der Waals surface area (Å²) in [5.41, 5.74) is -0.500. The highest BCUT2D eigenvalue weighted by atomic mass is 35.5. The van der Waals surface area contributed by atoms with Crippen LogP contribution in [0.5, 0.6) is 0 Å². The number of aromatic nitrogens is 1. The van der Waals surface area contributed by atoms with E-state index in [1.54, 1.807) is 30.3 Å². The number of carbonyl (C=O) groups excluding carboxylic acids is 2. The molecule has 12 heteroatoms. The van der Waals surface area contributed by atoms with Gasteiger partial charge in [0, 0.05) is 24.9 Å². The molecule has 1 aromatic carbocycles. The number of benzene rings is 1. The zero-order chi connectivity index (χ0) is 23.2. The van der Waals surface area contributed by atoms with Crippen LogP contribution in [0.4, 0.5) is 32.2 Å². The molecule has 0 aliphatic carbocycles. The molecule has 1 atom stereocenters. The van der Waals surface area contributed by atoms with Crippen molar-refractivity contribution in [3.8, 4) is 0 Å². The Morgan fingerprint density at radius 2 is 1.74 bits per heavy atom. The second-order valence-corrected chi connectivity index (χ2v) is 6.55. The third-order valence-corrected chi connectivity index (χ3v) is 4.11. The summed E-state index contributed by atoms with van der Waals surface area (Å²) in [5, 5.41) is 4.12. The van der Waals surface area contributed by atoms with Crippen LogP contribution in [0.25, 0.3) is 0 Å². The second-order valence-electron chi connectivity index (χ2n) is 6.15. The first kappa shape index (κ1) is 24.2. The molecule has 0 spiro atoms. The maximum absolute atomic E-state index is 12.7. The third-order valence-electron chi connectivity index (χ3n) is 3.82. The van der Waals surface area contributed by atoms with Gasteiger partial charge >= 0.3 is 12.4 Å². The van der Waals surface area contributed by atoms with Gasteiger partial charge < -0.3 is 10.6 Å². The highest BCUT2D eigenvalue weighted by Gasteiger charge is 2.36. The number of halogens is 7. The normalized spacial score (nSPS) is 13.1. The van der Waals surface area contributed by atoms with Crippen LogP contribution in [-0.4, -0.2) is 28.9 Å². The van der Waals surface area contributed by atoms with Crippen molar-refractivity contribution in [2.75, 3.05) is 5.32 Å². The van der Waals surface area contributed by atoms with Crippen LogP contribution in [-0.2, 0) is 22.2 Å². The molecule has 0 saturated heterocycles. The first-order valence-corrected chi connectivity index (χ1v) is 8.87. The number of pyridine rings is 1. The number of hydrogen-bond donors (Lipinski definition) is 2. The van der Waals surface area contributed by atoms with Crippen molar-refractivity contribution in [3.63, 3.8) is 0 Å². The molecule has 0 bridgehead atoms. The van der Waals surface area contributed by atoms with Crippen molar-refractivity contribution in [1.29, 1.82) is 0 Å². The Morgan fingerprint density at radius 1 is 1.10 bits per heavy atom. The van der Waals surface area contributed by atoms with Crippen molar-refractivity contribution in [2.45, 2.75) is 24.8 Å². The number of amides is 1. The number of anilines is 1. The average Bonchev–Trinajstić information content (AvgIpc) is 2.67. The molecular weight excluding hydrogens is 452 g/mol. The lowest BCUT2D eigenvalue weighted by Crippen LogP contribution is -2.40. The van der Waals surface area contributed by atoms with Crippen LogP contribution < -0.4 is 10.6 Å². The molecule has 0 saturated carbocycles. The summed E-state index contributed by atoms with van der Waals surface area (Å²) in [6, 6.07) is 7.72. The molecule has 2 aromatic rings. The monoisotopic (exact) mass is 465 g/mol. The number of nitrogens with zero attached hydrogens (tertiary/aromatic N) is 1. The van der Waals surface area contributed by atoms with Gasteiger partial charge in [-0.15, -0.1) is 0 Å². The fourth-order valence-corrected chi connectivity index (χ4v) is 2.51. The molecule has 0 fully saturated rings. The Morgan fingerprint density at radius 3 is 2.29 bits per heavy atom. The molecule has 1 aromatic heterocycles. The maximum Gasteiger partial charge on any atom is 0.454 e. The summed E-state index contributed by atoms with van der Waals surface area (Å²) in [5.74, 6) is -3.34. The number of ketones is 1. The van der Waals surface area contributed by atoms with Crippen molar-refractivity contribution >= 4 is 29.1 Å². The van der Waals surface area contributed by atoms with E-state index in [9.17, 15) is 35.9 Å². The Bertz CT molecular complexity index is 961. The smallest absolute Gasteiger partial charge is 0.379 e. The van der Waals surface area contributed by atoms with E-state index in [1.165, 1.54) is 0 Å². The molecule has 1 heterocycles. The second kappa shape index (κ2) is 9.82. The van der Waals surface area contributed by atoms with E-state index in [0.717, 1.165) is 0 Å². The quantitative estimate of drug-likeness (QED) is 0.465. The first-order chi connectivity index (χ1) is 14.4. The maximum atomic E-state index is 12.7. The SMILES string of the molecule is O=C(Nc1ncc(C(F)(F)F)cc1Cl)C(Cc1ccccc1)NC=CC(=O)C(F)(F)F. The lowest BCUT2D eigenvalue weighted by Gasteiger charge is -2.18. The van der Waals surface area contributed by atoms with E-state index in [1.807, 2.05) is 0 Å². The van der Waals surface area contributed by atoms with E-state index in [0.29, 0.717) is 24.0 Å². The zero-order valence-corrected chi connectivity index (χ0v) is 16.1. The summed E-state index contributed by atoms with van der Waals surface area (Å²) in [4.78, 5) is 27.0. The number of nitrogens with one attached hydrogen (secondary N) is 2. The van der Waals surface area contributed by atoms with Crippen LogP contribution in [0.2, 0.25) is 5.02 Å². The van der Waals surface area contributed by atoms with Crippen LogP contribution >= 0.6 is 11.6 Å². The predicted octanol–water partition coefficient (Wildman–Crippen LogP) is 4.54. The molecule has 1 unspecified atom stereocenters. The van der Waals surface area contributed by atoms with Gasteiger partial charge in [-0.1, -0.05) is 41.9 Å². The van der Waals surface area contributed by atoms with Crippen LogP contribution in [0, 0.1) is 0 Å². The van der Waals surface area contributed by atoms with Crippen molar-refractivity contribution in [3.05, 3.63) is 71.0 Å². The van der Waals surface area contributed by atoms with Crippen molar-refractivity contribution in [1.82, 2.24) is 10.3 Å². The van der Waals surface area contributed by atoms with E-state index in [-0.39, 0.29) is 18.3 Å². The molecule has 1 amide bonds. The Kier molecular flexibility index (Phi) is 7.66. The molecule has 166 valence electrons. The lowest BCUT2D eigenvalue weighted by molar-refractivity contribution is -0.165. The summed E-state index contributed by atoms with van der Waals surface area (Å²) in [7, 11) is 0. The fraction of sp³-hybridized carbons (Fsp3) is 0.211. The highest BCUT2D eigenvalue weighted by molar-refractivity contribution is 6.33. The minimum Gasteiger partial charge on any atom is -0.379 e. The Labute approximate surface area is 177 Å². The number of carbonyl (C=O) groups is 2. The first-order valence-electron chi connectivity index (χ1n) is 8.49.